The fraction of sp³-hybridized carbons (Fsp3) is 0.250. The third-order valence-corrected chi connectivity index (χ3v) is 2.47. The first-order valence-corrected chi connectivity index (χ1v) is 5.63. The highest BCUT2D eigenvalue weighted by Gasteiger charge is 1.96. The maximum Gasteiger partial charge on any atom is -0.0259 e. The van der Waals surface area contributed by atoms with Gasteiger partial charge in [-0.15, -0.1) is 0 Å². The van der Waals surface area contributed by atoms with E-state index >= 15 is 0 Å². The third-order valence-electron chi connectivity index (χ3n) is 2.47. The maximum atomic E-state index is 4.01. The molecule has 0 amide bonds. The van der Waals surface area contributed by atoms with E-state index in [9.17, 15) is 0 Å². The Morgan fingerprint density at radius 1 is 0.812 bits per heavy atom. The standard InChI is InChI=1S/C16H22/c1-7-15(8-2)11-13(5)14(6)12-16(9-3)10-4/h7,9,11-12H,1,3,5-6,8,10H2,2,4H3/b15-11+,16-12+. The summed E-state index contributed by atoms with van der Waals surface area (Å²) in [6, 6.07) is 0. The molecule has 0 rings (SSSR count). The molecule has 0 bridgehead atoms. The Kier molecular flexibility index (Phi) is 6.95. The lowest BCUT2D eigenvalue weighted by molar-refractivity contribution is 1.14. The molecular formula is C16H22. The fourth-order valence-electron chi connectivity index (χ4n) is 1.24. The van der Waals surface area contributed by atoms with Gasteiger partial charge in [0.15, 0.2) is 0 Å². The molecule has 0 aromatic rings. The lowest BCUT2D eigenvalue weighted by atomic mass is 10.0. The van der Waals surface area contributed by atoms with Crippen LogP contribution >= 0.6 is 0 Å². The van der Waals surface area contributed by atoms with Crippen molar-refractivity contribution in [1.82, 2.24) is 0 Å². The van der Waals surface area contributed by atoms with Gasteiger partial charge in [0.25, 0.3) is 0 Å². The van der Waals surface area contributed by atoms with Gasteiger partial charge >= 0.3 is 0 Å². The highest BCUT2D eigenvalue weighted by molar-refractivity contribution is 5.47. The van der Waals surface area contributed by atoms with Crippen molar-refractivity contribution >= 4 is 0 Å². The Labute approximate surface area is 100 Å². The fourth-order valence-corrected chi connectivity index (χ4v) is 1.24. The van der Waals surface area contributed by atoms with E-state index in [1.165, 1.54) is 11.1 Å². The molecule has 86 valence electrons. The Morgan fingerprint density at radius 2 is 1.12 bits per heavy atom. The van der Waals surface area contributed by atoms with Crippen molar-refractivity contribution in [3.63, 3.8) is 0 Å². The zero-order valence-electron chi connectivity index (χ0n) is 10.6. The minimum absolute atomic E-state index is 0.935. The molecule has 0 saturated heterocycles. The predicted molar refractivity (Wildman–Crippen MR) is 75.4 cm³/mol. The Bertz CT molecular complexity index is 312. The van der Waals surface area contributed by atoms with E-state index in [4.69, 9.17) is 0 Å². The van der Waals surface area contributed by atoms with E-state index in [0.717, 1.165) is 24.0 Å². The van der Waals surface area contributed by atoms with E-state index in [1.807, 2.05) is 24.3 Å². The Balaban J connectivity index is 4.82. The summed E-state index contributed by atoms with van der Waals surface area (Å²) in [6.07, 6.45) is 9.69. The highest BCUT2D eigenvalue weighted by atomic mass is 14.0. The van der Waals surface area contributed by atoms with Crippen LogP contribution in [0, 0.1) is 0 Å². The number of hydrogen-bond donors (Lipinski definition) is 0. The summed E-state index contributed by atoms with van der Waals surface area (Å²) in [6.45, 7) is 19.7. The second kappa shape index (κ2) is 7.70. The van der Waals surface area contributed by atoms with Gasteiger partial charge in [-0.25, -0.2) is 0 Å². The summed E-state index contributed by atoms with van der Waals surface area (Å²) >= 11 is 0. The monoisotopic (exact) mass is 214 g/mol. The molecule has 0 aromatic heterocycles. The van der Waals surface area contributed by atoms with Crippen molar-refractivity contribution in [2.24, 2.45) is 0 Å². The number of allylic oxidation sites excluding steroid dienone is 8. The van der Waals surface area contributed by atoms with Crippen molar-refractivity contribution in [2.75, 3.05) is 0 Å². The van der Waals surface area contributed by atoms with Gasteiger partial charge in [0.2, 0.25) is 0 Å². The van der Waals surface area contributed by atoms with Crippen LogP contribution in [-0.2, 0) is 0 Å². The first-order valence-electron chi connectivity index (χ1n) is 5.63. The molecule has 0 saturated carbocycles. The van der Waals surface area contributed by atoms with E-state index in [0.29, 0.717) is 0 Å². The molecule has 0 heterocycles. The van der Waals surface area contributed by atoms with Crippen LogP contribution in [-0.4, -0.2) is 0 Å². The zero-order chi connectivity index (χ0) is 12.6. The van der Waals surface area contributed by atoms with Crippen LogP contribution < -0.4 is 0 Å². The summed E-state index contributed by atoms with van der Waals surface area (Å²) in [5.74, 6) is 0. The molecule has 16 heavy (non-hydrogen) atoms. The van der Waals surface area contributed by atoms with Gasteiger partial charge in [0.1, 0.15) is 0 Å². The minimum atomic E-state index is 0.935. The molecule has 0 heteroatoms. The van der Waals surface area contributed by atoms with Gasteiger partial charge in [0.05, 0.1) is 0 Å². The maximum absolute atomic E-state index is 4.01. The average Bonchev–Trinajstić information content (AvgIpc) is 2.32. The topological polar surface area (TPSA) is 0 Å². The SMILES string of the molecule is C=C/C(=C\C(=C)C(=C)/C=C(\C=C)CC)CC. The average molecular weight is 214 g/mol. The van der Waals surface area contributed by atoms with Gasteiger partial charge in [-0.3, -0.25) is 0 Å². The molecule has 0 unspecified atom stereocenters. The van der Waals surface area contributed by atoms with Crippen molar-refractivity contribution < 1.29 is 0 Å². The number of hydrogen-bond acceptors (Lipinski definition) is 0. The van der Waals surface area contributed by atoms with Gasteiger partial charge in [-0.1, -0.05) is 64.5 Å². The highest BCUT2D eigenvalue weighted by Crippen LogP contribution is 2.16. The molecule has 0 fully saturated rings. The minimum Gasteiger partial charge on any atom is -0.0988 e. The van der Waals surface area contributed by atoms with Gasteiger partial charge in [-0.2, -0.15) is 0 Å². The van der Waals surface area contributed by atoms with Crippen molar-refractivity contribution in [1.29, 1.82) is 0 Å². The van der Waals surface area contributed by atoms with Gasteiger partial charge in [-0.05, 0) is 35.1 Å². The molecule has 0 nitrogen and oxygen atoms in total. The molecule has 0 N–H and O–H groups in total. The third kappa shape index (κ3) is 4.79. The van der Waals surface area contributed by atoms with Crippen molar-refractivity contribution in [3.05, 3.63) is 72.9 Å². The molecule has 0 aliphatic carbocycles. The number of rotatable bonds is 7. The van der Waals surface area contributed by atoms with E-state index in [2.05, 4.69) is 40.2 Å². The van der Waals surface area contributed by atoms with Crippen LogP contribution in [0.4, 0.5) is 0 Å². The quantitative estimate of drug-likeness (QED) is 0.514. The molecule has 0 aliphatic heterocycles. The van der Waals surface area contributed by atoms with E-state index in [-0.39, 0.29) is 0 Å². The second-order valence-electron chi connectivity index (χ2n) is 3.60. The molecular weight excluding hydrogens is 192 g/mol. The normalized spacial score (nSPS) is 12.1. The van der Waals surface area contributed by atoms with E-state index < -0.39 is 0 Å². The second-order valence-corrected chi connectivity index (χ2v) is 3.60. The van der Waals surface area contributed by atoms with Gasteiger partial charge < -0.3 is 0 Å². The van der Waals surface area contributed by atoms with Crippen LogP contribution in [0.25, 0.3) is 0 Å². The molecule has 0 spiro atoms. The lowest BCUT2D eigenvalue weighted by Crippen LogP contribution is -1.84. The molecule has 0 aliphatic rings. The summed E-state index contributed by atoms with van der Waals surface area (Å²) in [5, 5.41) is 0. The first kappa shape index (κ1) is 14.4. The van der Waals surface area contributed by atoms with Crippen LogP contribution in [0.1, 0.15) is 26.7 Å². The summed E-state index contributed by atoms with van der Waals surface area (Å²) < 4.78 is 0. The molecule has 0 atom stereocenters. The predicted octanol–water partition coefficient (Wildman–Crippen LogP) is 5.14. The first-order chi connectivity index (χ1) is 7.58. The summed E-state index contributed by atoms with van der Waals surface area (Å²) in [5.41, 5.74) is 4.22. The Hall–Kier alpha value is -1.56. The summed E-state index contributed by atoms with van der Waals surface area (Å²) in [7, 11) is 0. The van der Waals surface area contributed by atoms with Crippen molar-refractivity contribution in [3.8, 4) is 0 Å². The van der Waals surface area contributed by atoms with Crippen LogP contribution in [0.15, 0.2) is 72.9 Å². The Morgan fingerprint density at radius 3 is 1.31 bits per heavy atom. The zero-order valence-corrected chi connectivity index (χ0v) is 10.6. The van der Waals surface area contributed by atoms with Crippen LogP contribution in [0.3, 0.4) is 0 Å². The smallest absolute Gasteiger partial charge is 0.0259 e. The van der Waals surface area contributed by atoms with Crippen LogP contribution in [0.5, 0.6) is 0 Å². The van der Waals surface area contributed by atoms with Crippen LogP contribution in [0.2, 0.25) is 0 Å². The van der Waals surface area contributed by atoms with Crippen molar-refractivity contribution in [2.45, 2.75) is 26.7 Å². The van der Waals surface area contributed by atoms with Gasteiger partial charge in [0, 0.05) is 0 Å². The lowest BCUT2D eigenvalue weighted by Gasteiger charge is -2.04. The molecule has 0 aromatic carbocycles. The summed E-state index contributed by atoms with van der Waals surface area (Å²) in [4.78, 5) is 0. The molecule has 0 radical (unpaired) electrons. The largest absolute Gasteiger partial charge is 0.0988 e. The van der Waals surface area contributed by atoms with E-state index in [1.54, 1.807) is 0 Å².